The Labute approximate surface area is 118 Å². The normalized spacial score (nSPS) is 11.1. The summed E-state index contributed by atoms with van der Waals surface area (Å²) >= 11 is 0. The van der Waals surface area contributed by atoms with Gasteiger partial charge in [-0.3, -0.25) is 14.8 Å². The number of rotatable bonds is 5. The van der Waals surface area contributed by atoms with Gasteiger partial charge in [-0.2, -0.15) is 15.2 Å². The number of hydrogen-bond acceptors (Lipinski definition) is 4. The molecule has 0 bridgehead atoms. The van der Waals surface area contributed by atoms with Crippen LogP contribution in [-0.2, 0) is 7.05 Å². The van der Waals surface area contributed by atoms with Gasteiger partial charge in [-0.05, 0) is 25.8 Å². The Morgan fingerprint density at radius 2 is 2.05 bits per heavy atom. The fourth-order valence-electron chi connectivity index (χ4n) is 2.11. The molecule has 0 saturated carbocycles. The van der Waals surface area contributed by atoms with Crippen LogP contribution in [-0.4, -0.2) is 30.5 Å². The van der Waals surface area contributed by atoms with E-state index in [-0.39, 0.29) is 5.91 Å². The van der Waals surface area contributed by atoms with Gasteiger partial charge in [0, 0.05) is 13.2 Å². The number of carbonyl (C=O) groups excluding carboxylic acids is 1. The van der Waals surface area contributed by atoms with Gasteiger partial charge in [0.05, 0.1) is 6.04 Å². The molecule has 0 aromatic carbocycles. The van der Waals surface area contributed by atoms with E-state index in [1.54, 1.807) is 20.0 Å². The minimum absolute atomic E-state index is 0.273. The Hall–Kier alpha value is -2.18. The average molecular weight is 276 g/mol. The number of hydrogen-bond donors (Lipinski definition) is 1. The molecule has 1 amide bonds. The molecule has 0 unspecified atom stereocenters. The topological polar surface area (TPSA) is 77.6 Å². The lowest BCUT2D eigenvalue weighted by molar-refractivity contribution is 0.101. The summed E-state index contributed by atoms with van der Waals surface area (Å²) in [4.78, 5) is 16.3. The fraction of sp³-hybridized carbons (Fsp3) is 0.538. The number of aryl methyl sites for hydroxylation is 2. The molecule has 1 N–H and O–H groups in total. The lowest BCUT2D eigenvalue weighted by Crippen LogP contribution is -2.17. The van der Waals surface area contributed by atoms with Crippen molar-refractivity contribution < 1.29 is 4.79 Å². The van der Waals surface area contributed by atoms with Gasteiger partial charge in [0.2, 0.25) is 5.95 Å². The molecule has 2 aromatic heterocycles. The van der Waals surface area contributed by atoms with Gasteiger partial charge in [0.25, 0.3) is 5.91 Å². The number of carbonyl (C=O) groups is 1. The average Bonchev–Trinajstić information content (AvgIpc) is 2.99. The fourth-order valence-corrected chi connectivity index (χ4v) is 2.11. The number of amides is 1. The molecule has 0 aliphatic carbocycles. The molecule has 2 aromatic rings. The molecular formula is C13H20N6O. The molecule has 0 aliphatic rings. The number of nitrogens with one attached hydrogen (secondary N) is 1. The molecule has 0 spiro atoms. The van der Waals surface area contributed by atoms with Gasteiger partial charge in [0.1, 0.15) is 5.82 Å². The third-order valence-corrected chi connectivity index (χ3v) is 3.25. The third kappa shape index (κ3) is 2.87. The van der Waals surface area contributed by atoms with Crippen LogP contribution in [0.3, 0.4) is 0 Å². The minimum atomic E-state index is -0.273. The minimum Gasteiger partial charge on any atom is -0.289 e. The number of anilines is 1. The molecular weight excluding hydrogens is 256 g/mol. The van der Waals surface area contributed by atoms with Gasteiger partial charge in [-0.15, -0.1) is 0 Å². The maximum absolute atomic E-state index is 12.1. The first-order valence-electron chi connectivity index (χ1n) is 6.79. The summed E-state index contributed by atoms with van der Waals surface area (Å²) < 4.78 is 3.38. The molecule has 2 rings (SSSR count). The lowest BCUT2D eigenvalue weighted by atomic mass is 10.2. The standard InChI is InChI=1S/C13H20N6O/c1-5-10(6-2)19-8-7-11(17-19)12(20)15-13-14-9(3)16-18(13)4/h7-8,10H,5-6H2,1-4H3,(H,14,15,16,20). The SMILES string of the molecule is CCC(CC)n1ccc(C(=O)Nc2nc(C)nn2C)n1. The van der Waals surface area contributed by atoms with Gasteiger partial charge >= 0.3 is 0 Å². The molecule has 0 radical (unpaired) electrons. The summed E-state index contributed by atoms with van der Waals surface area (Å²) in [5.41, 5.74) is 0.387. The Kier molecular flexibility index (Phi) is 4.16. The van der Waals surface area contributed by atoms with Crippen LogP contribution in [0.15, 0.2) is 12.3 Å². The van der Waals surface area contributed by atoms with Gasteiger partial charge in [-0.1, -0.05) is 13.8 Å². The van der Waals surface area contributed by atoms with Crippen LogP contribution in [0.1, 0.15) is 49.0 Å². The summed E-state index contributed by atoms with van der Waals surface area (Å²) in [6.45, 7) is 5.99. The highest BCUT2D eigenvalue weighted by atomic mass is 16.2. The first-order chi connectivity index (χ1) is 9.55. The maximum Gasteiger partial charge on any atom is 0.278 e. The maximum atomic E-state index is 12.1. The third-order valence-electron chi connectivity index (χ3n) is 3.25. The van der Waals surface area contributed by atoms with Crippen molar-refractivity contribution in [3.05, 3.63) is 23.8 Å². The van der Waals surface area contributed by atoms with Crippen molar-refractivity contribution in [2.24, 2.45) is 7.05 Å². The van der Waals surface area contributed by atoms with E-state index in [1.807, 2.05) is 10.9 Å². The summed E-state index contributed by atoms with van der Waals surface area (Å²) in [6, 6.07) is 2.05. The molecule has 0 aliphatic heterocycles. The van der Waals surface area contributed by atoms with E-state index in [0.29, 0.717) is 23.5 Å². The van der Waals surface area contributed by atoms with Gasteiger partial charge in [-0.25, -0.2) is 4.68 Å². The van der Waals surface area contributed by atoms with E-state index >= 15 is 0 Å². The number of nitrogens with zero attached hydrogens (tertiary/aromatic N) is 5. The van der Waals surface area contributed by atoms with E-state index < -0.39 is 0 Å². The summed E-state index contributed by atoms with van der Waals surface area (Å²) in [5, 5.41) is 11.1. The number of aromatic nitrogens is 5. The second-order valence-corrected chi connectivity index (χ2v) is 4.71. The summed E-state index contributed by atoms with van der Waals surface area (Å²) in [6.07, 6.45) is 3.82. The molecule has 0 saturated heterocycles. The van der Waals surface area contributed by atoms with Crippen molar-refractivity contribution in [3.8, 4) is 0 Å². The predicted octanol–water partition coefficient (Wildman–Crippen LogP) is 1.93. The lowest BCUT2D eigenvalue weighted by Gasteiger charge is -2.12. The Balaban J connectivity index is 2.12. The molecule has 0 atom stereocenters. The second kappa shape index (κ2) is 5.85. The highest BCUT2D eigenvalue weighted by molar-refractivity contribution is 6.01. The van der Waals surface area contributed by atoms with Crippen LogP contribution in [0.5, 0.6) is 0 Å². The quantitative estimate of drug-likeness (QED) is 0.905. The first kappa shape index (κ1) is 14.2. The van der Waals surface area contributed by atoms with E-state index in [9.17, 15) is 4.79 Å². The zero-order chi connectivity index (χ0) is 14.7. The largest absolute Gasteiger partial charge is 0.289 e. The van der Waals surface area contributed by atoms with E-state index in [1.165, 1.54) is 4.68 Å². The molecule has 7 nitrogen and oxygen atoms in total. The van der Waals surface area contributed by atoms with Crippen molar-refractivity contribution in [3.63, 3.8) is 0 Å². The Bertz CT molecular complexity index is 596. The Morgan fingerprint density at radius 1 is 1.35 bits per heavy atom. The van der Waals surface area contributed by atoms with E-state index in [4.69, 9.17) is 0 Å². The zero-order valence-corrected chi connectivity index (χ0v) is 12.3. The van der Waals surface area contributed by atoms with Crippen LogP contribution in [0.2, 0.25) is 0 Å². The van der Waals surface area contributed by atoms with Crippen LogP contribution in [0.25, 0.3) is 0 Å². The smallest absolute Gasteiger partial charge is 0.278 e. The van der Waals surface area contributed by atoms with Crippen molar-refractivity contribution in [2.75, 3.05) is 5.32 Å². The van der Waals surface area contributed by atoms with Gasteiger partial charge < -0.3 is 0 Å². The molecule has 0 fully saturated rings. The first-order valence-corrected chi connectivity index (χ1v) is 6.79. The predicted molar refractivity (Wildman–Crippen MR) is 75.5 cm³/mol. The molecule has 2 heterocycles. The molecule has 108 valence electrons. The second-order valence-electron chi connectivity index (χ2n) is 4.71. The highest BCUT2D eigenvalue weighted by Gasteiger charge is 2.15. The zero-order valence-electron chi connectivity index (χ0n) is 12.3. The van der Waals surface area contributed by atoms with Crippen molar-refractivity contribution in [1.82, 2.24) is 24.5 Å². The van der Waals surface area contributed by atoms with Crippen LogP contribution in [0.4, 0.5) is 5.95 Å². The van der Waals surface area contributed by atoms with E-state index in [2.05, 4.69) is 34.3 Å². The van der Waals surface area contributed by atoms with Crippen molar-refractivity contribution >= 4 is 11.9 Å². The monoisotopic (exact) mass is 276 g/mol. The van der Waals surface area contributed by atoms with Crippen LogP contribution >= 0.6 is 0 Å². The summed E-state index contributed by atoms with van der Waals surface area (Å²) in [7, 11) is 1.73. The Morgan fingerprint density at radius 3 is 2.60 bits per heavy atom. The molecule has 20 heavy (non-hydrogen) atoms. The van der Waals surface area contributed by atoms with Crippen molar-refractivity contribution in [2.45, 2.75) is 39.7 Å². The van der Waals surface area contributed by atoms with Crippen molar-refractivity contribution in [1.29, 1.82) is 0 Å². The van der Waals surface area contributed by atoms with E-state index in [0.717, 1.165) is 12.8 Å². The van der Waals surface area contributed by atoms with Crippen LogP contribution in [0, 0.1) is 6.92 Å². The van der Waals surface area contributed by atoms with Crippen LogP contribution < -0.4 is 5.32 Å². The van der Waals surface area contributed by atoms with Gasteiger partial charge in [0.15, 0.2) is 5.69 Å². The summed E-state index contributed by atoms with van der Waals surface area (Å²) in [5.74, 6) is 0.764. The molecule has 7 heteroatoms. The highest BCUT2D eigenvalue weighted by Crippen LogP contribution is 2.15.